The van der Waals surface area contributed by atoms with Crippen LogP contribution in [0.3, 0.4) is 0 Å². The van der Waals surface area contributed by atoms with Gasteiger partial charge in [0.25, 0.3) is 0 Å². The molecule has 0 fully saturated rings. The first-order valence-corrected chi connectivity index (χ1v) is 6.08. The van der Waals surface area contributed by atoms with Crippen LogP contribution < -0.4 is 0 Å². The number of furan rings is 1. The molecule has 0 aliphatic heterocycles. The van der Waals surface area contributed by atoms with Crippen molar-refractivity contribution in [3.63, 3.8) is 0 Å². The molecule has 1 aromatic carbocycles. The number of nitro groups is 1. The van der Waals surface area contributed by atoms with Crippen molar-refractivity contribution in [3.8, 4) is 0 Å². The average molecular weight is 275 g/mol. The van der Waals surface area contributed by atoms with E-state index in [0.717, 1.165) is 5.56 Å². The molecule has 0 amide bonds. The van der Waals surface area contributed by atoms with Crippen LogP contribution in [0.4, 0.5) is 5.88 Å². The molecule has 0 spiro atoms. The zero-order chi connectivity index (χ0) is 14.4. The lowest BCUT2D eigenvalue weighted by molar-refractivity contribution is -0.402. The van der Waals surface area contributed by atoms with Crippen molar-refractivity contribution < 1.29 is 18.9 Å². The first-order chi connectivity index (χ1) is 9.65. The number of aryl methyl sites for hydroxylation is 1. The number of carbonyl (C=O) groups is 1. The second-order valence-electron chi connectivity index (χ2n) is 4.14. The standard InChI is InChI=1S/C14H13NO5/c16-14(9-6-11-4-2-1-3-5-11)19-10-12-7-8-13(20-12)15(17)18/h1-5,7-8H,6,9-10H2. The second-order valence-corrected chi connectivity index (χ2v) is 4.14. The fourth-order valence-electron chi connectivity index (χ4n) is 1.66. The second kappa shape index (κ2) is 6.51. The van der Waals surface area contributed by atoms with Crippen LogP contribution in [0, 0.1) is 10.1 Å². The minimum atomic E-state index is -0.638. The molecule has 0 aliphatic rings. The third-order valence-corrected chi connectivity index (χ3v) is 2.66. The molecule has 2 rings (SSSR count). The summed E-state index contributed by atoms with van der Waals surface area (Å²) in [5.74, 6) is -0.474. The minimum absolute atomic E-state index is 0.0958. The Labute approximate surface area is 115 Å². The number of ether oxygens (including phenoxy) is 1. The highest BCUT2D eigenvalue weighted by atomic mass is 16.6. The molecule has 0 unspecified atom stereocenters. The zero-order valence-corrected chi connectivity index (χ0v) is 10.7. The van der Waals surface area contributed by atoms with E-state index >= 15 is 0 Å². The van der Waals surface area contributed by atoms with Gasteiger partial charge in [0, 0.05) is 6.42 Å². The van der Waals surface area contributed by atoms with Gasteiger partial charge in [0.15, 0.2) is 0 Å². The van der Waals surface area contributed by atoms with Gasteiger partial charge in [0.05, 0.1) is 6.07 Å². The highest BCUT2D eigenvalue weighted by Crippen LogP contribution is 2.16. The van der Waals surface area contributed by atoms with Crippen LogP contribution in [0.2, 0.25) is 0 Å². The van der Waals surface area contributed by atoms with Gasteiger partial charge in [-0.05, 0) is 18.1 Å². The van der Waals surface area contributed by atoms with Crippen LogP contribution >= 0.6 is 0 Å². The van der Waals surface area contributed by atoms with E-state index in [2.05, 4.69) is 0 Å². The predicted molar refractivity (Wildman–Crippen MR) is 69.9 cm³/mol. The summed E-state index contributed by atoms with van der Waals surface area (Å²) in [6.45, 7) is -0.0958. The first kappa shape index (κ1) is 13.8. The lowest BCUT2D eigenvalue weighted by Gasteiger charge is -2.02. The Kier molecular flexibility index (Phi) is 4.49. The molecule has 20 heavy (non-hydrogen) atoms. The topological polar surface area (TPSA) is 82.6 Å². The van der Waals surface area contributed by atoms with E-state index in [-0.39, 0.29) is 30.6 Å². The third-order valence-electron chi connectivity index (χ3n) is 2.66. The maximum atomic E-state index is 11.5. The Morgan fingerprint density at radius 2 is 1.95 bits per heavy atom. The van der Waals surface area contributed by atoms with Crippen LogP contribution in [-0.2, 0) is 22.6 Å². The third kappa shape index (κ3) is 3.94. The quantitative estimate of drug-likeness (QED) is 0.460. The summed E-state index contributed by atoms with van der Waals surface area (Å²) >= 11 is 0. The van der Waals surface area contributed by atoms with Gasteiger partial charge in [-0.3, -0.25) is 14.9 Å². The van der Waals surface area contributed by atoms with Gasteiger partial charge >= 0.3 is 11.9 Å². The van der Waals surface area contributed by atoms with Crippen LogP contribution in [0.15, 0.2) is 46.9 Å². The molecule has 0 bridgehead atoms. The predicted octanol–water partition coefficient (Wildman–Crippen LogP) is 2.86. The van der Waals surface area contributed by atoms with E-state index in [1.165, 1.54) is 12.1 Å². The summed E-state index contributed by atoms with van der Waals surface area (Å²) in [7, 11) is 0. The van der Waals surface area contributed by atoms with Gasteiger partial charge in [0.1, 0.15) is 17.3 Å². The van der Waals surface area contributed by atoms with E-state index in [9.17, 15) is 14.9 Å². The number of esters is 1. The van der Waals surface area contributed by atoms with Crippen molar-refractivity contribution in [2.24, 2.45) is 0 Å². The molecule has 104 valence electrons. The fraction of sp³-hybridized carbons (Fsp3) is 0.214. The molecule has 1 heterocycles. The molecule has 6 nitrogen and oxygen atoms in total. The number of rotatable bonds is 6. The first-order valence-electron chi connectivity index (χ1n) is 6.08. The lowest BCUT2D eigenvalue weighted by atomic mass is 10.1. The van der Waals surface area contributed by atoms with Crippen LogP contribution in [0.25, 0.3) is 0 Å². The van der Waals surface area contributed by atoms with Crippen molar-refractivity contribution in [1.29, 1.82) is 0 Å². The maximum absolute atomic E-state index is 11.5. The highest BCUT2D eigenvalue weighted by molar-refractivity contribution is 5.69. The fourth-order valence-corrected chi connectivity index (χ4v) is 1.66. The van der Waals surface area contributed by atoms with Crippen molar-refractivity contribution in [2.75, 3.05) is 0 Å². The van der Waals surface area contributed by atoms with Gasteiger partial charge in [-0.25, -0.2) is 0 Å². The van der Waals surface area contributed by atoms with E-state index in [0.29, 0.717) is 6.42 Å². The summed E-state index contributed by atoms with van der Waals surface area (Å²) in [5.41, 5.74) is 1.05. The van der Waals surface area contributed by atoms with Crippen molar-refractivity contribution in [1.82, 2.24) is 0 Å². The van der Waals surface area contributed by atoms with Crippen molar-refractivity contribution >= 4 is 11.9 Å². The molecule has 0 N–H and O–H groups in total. The molecule has 1 aromatic heterocycles. The van der Waals surface area contributed by atoms with Crippen LogP contribution in [-0.4, -0.2) is 10.9 Å². The Morgan fingerprint density at radius 1 is 1.20 bits per heavy atom. The van der Waals surface area contributed by atoms with Crippen molar-refractivity contribution in [2.45, 2.75) is 19.4 Å². The minimum Gasteiger partial charge on any atom is -0.457 e. The molecular formula is C14H13NO5. The number of hydrogen-bond acceptors (Lipinski definition) is 5. The largest absolute Gasteiger partial charge is 0.457 e. The summed E-state index contributed by atoms with van der Waals surface area (Å²) in [6.07, 6.45) is 0.852. The molecule has 0 atom stereocenters. The Hall–Kier alpha value is -2.63. The van der Waals surface area contributed by atoms with Gasteiger partial charge in [-0.1, -0.05) is 30.3 Å². The Morgan fingerprint density at radius 3 is 2.60 bits per heavy atom. The number of hydrogen-bond donors (Lipinski definition) is 0. The molecule has 0 saturated heterocycles. The summed E-state index contributed by atoms with van der Waals surface area (Å²) in [6, 6.07) is 12.2. The van der Waals surface area contributed by atoms with Crippen molar-refractivity contribution in [3.05, 3.63) is 63.9 Å². The maximum Gasteiger partial charge on any atom is 0.433 e. The lowest BCUT2D eigenvalue weighted by Crippen LogP contribution is -2.05. The Bertz CT molecular complexity index is 591. The van der Waals surface area contributed by atoms with E-state index < -0.39 is 4.92 Å². The van der Waals surface area contributed by atoms with Crippen LogP contribution in [0.1, 0.15) is 17.7 Å². The molecule has 0 saturated carbocycles. The molecular weight excluding hydrogens is 262 g/mol. The van der Waals surface area contributed by atoms with Gasteiger partial charge in [-0.15, -0.1) is 0 Å². The molecule has 6 heteroatoms. The number of benzene rings is 1. The normalized spacial score (nSPS) is 10.2. The molecule has 0 radical (unpaired) electrons. The SMILES string of the molecule is O=C(CCc1ccccc1)OCc1ccc([N+](=O)[O-])o1. The van der Waals surface area contributed by atoms with Crippen LogP contribution in [0.5, 0.6) is 0 Å². The summed E-state index contributed by atoms with van der Waals surface area (Å²) in [4.78, 5) is 21.3. The van der Waals surface area contributed by atoms with Gasteiger partial charge in [0.2, 0.25) is 0 Å². The summed E-state index contributed by atoms with van der Waals surface area (Å²) < 4.78 is 9.87. The molecule has 2 aromatic rings. The zero-order valence-electron chi connectivity index (χ0n) is 10.7. The summed E-state index contributed by atoms with van der Waals surface area (Å²) in [5, 5.41) is 10.4. The smallest absolute Gasteiger partial charge is 0.433 e. The average Bonchev–Trinajstić information content (AvgIpc) is 2.93. The highest BCUT2D eigenvalue weighted by Gasteiger charge is 2.13. The van der Waals surface area contributed by atoms with E-state index in [1.54, 1.807) is 0 Å². The Balaban J connectivity index is 1.76. The monoisotopic (exact) mass is 275 g/mol. The molecule has 0 aliphatic carbocycles. The van der Waals surface area contributed by atoms with Gasteiger partial charge in [-0.2, -0.15) is 0 Å². The van der Waals surface area contributed by atoms with E-state index in [1.807, 2.05) is 30.3 Å². The number of nitrogens with zero attached hydrogens (tertiary/aromatic N) is 1. The van der Waals surface area contributed by atoms with Gasteiger partial charge < -0.3 is 9.15 Å². The number of carbonyl (C=O) groups excluding carboxylic acids is 1. The van der Waals surface area contributed by atoms with E-state index in [4.69, 9.17) is 9.15 Å².